The van der Waals surface area contributed by atoms with Gasteiger partial charge in [-0.3, -0.25) is 9.94 Å². The molecule has 11 heteroatoms. The number of aryl methyl sites for hydroxylation is 1. The number of aromatic nitrogens is 2. The van der Waals surface area contributed by atoms with E-state index >= 15 is 0 Å². The SMILES string of the molecule is C=N.CCCC(CCC(I)(I)I)N(C)CC1CCN(c2nn(C)c3c(-c4ccc(COO)cc4)cc(F)cc23)CC1. The second kappa shape index (κ2) is 16.5. The van der Waals surface area contributed by atoms with Gasteiger partial charge in [0.2, 0.25) is 0 Å². The van der Waals surface area contributed by atoms with E-state index in [1.54, 1.807) is 12.1 Å². The van der Waals surface area contributed by atoms with Crippen LogP contribution in [0.15, 0.2) is 36.4 Å². The van der Waals surface area contributed by atoms with Gasteiger partial charge in [0, 0.05) is 43.7 Å². The van der Waals surface area contributed by atoms with Crippen molar-refractivity contribution < 1.29 is 14.5 Å². The van der Waals surface area contributed by atoms with Gasteiger partial charge in [-0.15, -0.1) is 0 Å². The first-order valence-electron chi connectivity index (χ1n) is 14.0. The van der Waals surface area contributed by atoms with Crippen molar-refractivity contribution in [2.45, 2.75) is 57.5 Å². The summed E-state index contributed by atoms with van der Waals surface area (Å²) in [6.07, 6.45) is 7.16. The molecule has 1 fully saturated rings. The predicted molar refractivity (Wildman–Crippen MR) is 194 cm³/mol. The summed E-state index contributed by atoms with van der Waals surface area (Å²) in [6, 6.07) is 11.5. The fraction of sp³-hybridized carbons (Fsp3) is 0.533. The fourth-order valence-corrected chi connectivity index (χ4v) is 6.74. The molecule has 0 spiro atoms. The van der Waals surface area contributed by atoms with E-state index in [-0.39, 0.29) is 11.9 Å². The summed E-state index contributed by atoms with van der Waals surface area (Å²) in [4.78, 5) is 9.19. The van der Waals surface area contributed by atoms with Gasteiger partial charge in [-0.25, -0.2) is 9.28 Å². The second-order valence-electron chi connectivity index (χ2n) is 10.7. The van der Waals surface area contributed by atoms with Crippen LogP contribution in [0.5, 0.6) is 0 Å². The number of hydrogen-bond acceptors (Lipinski definition) is 6. The number of halogens is 4. The Bertz CT molecular complexity index is 1240. The van der Waals surface area contributed by atoms with E-state index in [4.69, 9.17) is 15.8 Å². The molecule has 3 aromatic rings. The molecule has 1 aliphatic heterocycles. The van der Waals surface area contributed by atoms with Crippen LogP contribution in [0.1, 0.15) is 51.0 Å². The van der Waals surface area contributed by atoms with Crippen molar-refractivity contribution in [1.82, 2.24) is 14.7 Å². The number of anilines is 1. The normalized spacial score (nSPS) is 15.3. The summed E-state index contributed by atoms with van der Waals surface area (Å²) in [5.41, 5.74) is 3.50. The van der Waals surface area contributed by atoms with Crippen molar-refractivity contribution >= 4 is 91.2 Å². The number of benzene rings is 2. The first-order valence-corrected chi connectivity index (χ1v) is 17.2. The van der Waals surface area contributed by atoms with Crippen LogP contribution >= 0.6 is 67.8 Å². The van der Waals surface area contributed by atoms with E-state index in [2.05, 4.69) is 103 Å². The Morgan fingerprint density at radius 2 is 1.83 bits per heavy atom. The lowest BCUT2D eigenvalue weighted by Crippen LogP contribution is -2.41. The van der Waals surface area contributed by atoms with Crippen LogP contribution < -0.4 is 4.90 Å². The Hall–Kier alpha value is -0.620. The molecular weight excluding hydrogens is 862 g/mol. The van der Waals surface area contributed by atoms with Gasteiger partial charge < -0.3 is 15.2 Å². The summed E-state index contributed by atoms with van der Waals surface area (Å²) >= 11 is 7.65. The maximum atomic E-state index is 14.9. The number of hydrogen-bond donors (Lipinski definition) is 2. The van der Waals surface area contributed by atoms with Crippen LogP contribution in [0, 0.1) is 17.1 Å². The number of alkyl halides is 3. The second-order valence-corrected chi connectivity index (χ2v) is 22.5. The zero-order chi connectivity index (χ0) is 30.2. The van der Waals surface area contributed by atoms with Gasteiger partial charge in [0.05, 0.1) is 5.52 Å². The maximum absolute atomic E-state index is 14.9. The molecule has 1 aromatic heterocycles. The number of piperidine rings is 1. The predicted octanol–water partition coefficient (Wildman–Crippen LogP) is 8.69. The Balaban J connectivity index is 0.00000226. The highest BCUT2D eigenvalue weighted by molar-refractivity contribution is 14.3. The minimum Gasteiger partial charge on any atom is -0.355 e. The summed E-state index contributed by atoms with van der Waals surface area (Å²) in [5.74, 6) is 1.27. The van der Waals surface area contributed by atoms with E-state index in [1.807, 2.05) is 36.0 Å². The van der Waals surface area contributed by atoms with Crippen molar-refractivity contribution in [2.75, 3.05) is 31.6 Å². The highest BCUT2D eigenvalue weighted by atomic mass is 127. The number of rotatable bonds is 12. The number of nitrogens with one attached hydrogen (secondary N) is 1. The molecule has 1 saturated heterocycles. The third kappa shape index (κ3) is 9.68. The van der Waals surface area contributed by atoms with Gasteiger partial charge in [-0.2, -0.15) is 5.10 Å². The first-order chi connectivity index (χ1) is 19.6. The van der Waals surface area contributed by atoms with E-state index in [1.165, 1.54) is 25.7 Å². The quantitative estimate of drug-likeness (QED) is 0.0626. The smallest absolute Gasteiger partial charge is 0.158 e. The van der Waals surface area contributed by atoms with Crippen LogP contribution in [0.25, 0.3) is 22.0 Å². The number of nitrogens with zero attached hydrogens (tertiary/aromatic N) is 4. The van der Waals surface area contributed by atoms with Gasteiger partial charge in [-0.05, 0) is 75.0 Å². The van der Waals surface area contributed by atoms with Gasteiger partial charge >= 0.3 is 0 Å². The summed E-state index contributed by atoms with van der Waals surface area (Å²) in [6.45, 7) is 7.91. The molecule has 2 N–H and O–H groups in total. The Labute approximate surface area is 284 Å². The lowest BCUT2D eigenvalue weighted by atomic mass is 9.94. The largest absolute Gasteiger partial charge is 0.355 e. The number of fused-ring (bicyclic) bond motifs is 1. The summed E-state index contributed by atoms with van der Waals surface area (Å²) in [7, 11) is 4.24. The van der Waals surface area contributed by atoms with E-state index in [0.717, 1.165) is 65.9 Å². The molecule has 0 radical (unpaired) electrons. The average Bonchev–Trinajstić information content (AvgIpc) is 3.28. The average molecular weight is 903 g/mol. The summed E-state index contributed by atoms with van der Waals surface area (Å²) in [5, 5.41) is 20.0. The zero-order valence-corrected chi connectivity index (χ0v) is 30.5. The maximum Gasteiger partial charge on any atom is 0.158 e. The van der Waals surface area contributed by atoms with Crippen molar-refractivity contribution in [2.24, 2.45) is 13.0 Å². The molecule has 0 saturated carbocycles. The van der Waals surface area contributed by atoms with Crippen LogP contribution in [0.2, 0.25) is 0 Å². The molecule has 2 aromatic carbocycles. The molecule has 1 unspecified atom stereocenters. The molecule has 0 aliphatic carbocycles. The van der Waals surface area contributed by atoms with Gasteiger partial charge in [0.1, 0.15) is 11.9 Å². The van der Waals surface area contributed by atoms with Crippen molar-refractivity contribution in [3.8, 4) is 11.1 Å². The monoisotopic (exact) mass is 903 g/mol. The van der Waals surface area contributed by atoms with Gasteiger partial charge in [-0.1, -0.05) is 105 Å². The molecule has 1 atom stereocenters. The zero-order valence-electron chi connectivity index (χ0n) is 24.1. The lowest BCUT2D eigenvalue weighted by Gasteiger charge is -2.37. The highest BCUT2D eigenvalue weighted by Gasteiger charge is 2.28. The Morgan fingerprint density at radius 3 is 2.41 bits per heavy atom. The van der Waals surface area contributed by atoms with Crippen molar-refractivity contribution in [3.63, 3.8) is 0 Å². The molecule has 1 aliphatic rings. The van der Waals surface area contributed by atoms with Crippen molar-refractivity contribution in [3.05, 3.63) is 47.8 Å². The van der Waals surface area contributed by atoms with Gasteiger partial charge in [0.15, 0.2) is 5.82 Å². The van der Waals surface area contributed by atoms with Gasteiger partial charge in [0.25, 0.3) is 0 Å². The fourth-order valence-electron chi connectivity index (χ4n) is 5.81. The lowest BCUT2D eigenvalue weighted by molar-refractivity contribution is -0.253. The molecule has 7 nitrogen and oxygen atoms in total. The van der Waals surface area contributed by atoms with E-state index in [9.17, 15) is 4.39 Å². The van der Waals surface area contributed by atoms with E-state index in [0.29, 0.717) is 12.0 Å². The molecule has 0 bridgehead atoms. The summed E-state index contributed by atoms with van der Waals surface area (Å²) < 4.78 is 17.1. The molecule has 2 heterocycles. The highest BCUT2D eigenvalue weighted by Crippen LogP contribution is 2.41. The van der Waals surface area contributed by atoms with Crippen LogP contribution in [-0.2, 0) is 18.5 Å². The molecular formula is C30H41FI3N5O2. The molecule has 4 rings (SSSR count). The minimum absolute atomic E-state index is 0.121. The van der Waals surface area contributed by atoms with E-state index < -0.39 is 0 Å². The van der Waals surface area contributed by atoms with Crippen LogP contribution in [0.3, 0.4) is 0 Å². The Kier molecular flexibility index (Phi) is 14.0. The minimum atomic E-state index is -0.262. The standard InChI is InChI=1S/C29H38FI3N4O2.CH3N/c1-4-5-24(10-13-29(31,32)33)35(2)18-20-11-14-37(15-12-20)28-26-17-23(30)16-25(27(26)36(3)34-28)22-8-6-21(7-9-22)19-39-38;1-2/h6-9,16-17,20,24,38H,4-5,10-15,18-19H2,1-3H3;2H,1H2. The molecule has 41 heavy (non-hydrogen) atoms. The van der Waals surface area contributed by atoms with Crippen LogP contribution in [-0.4, -0.2) is 58.8 Å². The molecule has 0 amide bonds. The topological polar surface area (TPSA) is 77.6 Å². The first kappa shape index (κ1) is 34.9. The van der Waals surface area contributed by atoms with Crippen LogP contribution in [0.4, 0.5) is 10.2 Å². The van der Waals surface area contributed by atoms with Crippen molar-refractivity contribution in [1.29, 1.82) is 5.41 Å². The third-order valence-electron chi connectivity index (χ3n) is 7.85. The Morgan fingerprint density at radius 1 is 1.17 bits per heavy atom. The molecule has 226 valence electrons. The third-order valence-corrected chi connectivity index (χ3v) is 9.46.